The molecule has 0 spiro atoms. The molecule has 0 saturated heterocycles. The molecule has 132 valence electrons. The van der Waals surface area contributed by atoms with Crippen molar-refractivity contribution in [2.45, 2.75) is 24.9 Å². The van der Waals surface area contributed by atoms with Crippen LogP contribution in [0.25, 0.3) is 0 Å². The fourth-order valence-electron chi connectivity index (χ4n) is 3.24. The third kappa shape index (κ3) is 3.49. The van der Waals surface area contributed by atoms with Gasteiger partial charge in [0.15, 0.2) is 0 Å². The summed E-state index contributed by atoms with van der Waals surface area (Å²) in [6, 6.07) is 8.19. The predicted octanol–water partition coefficient (Wildman–Crippen LogP) is 2.93. The summed E-state index contributed by atoms with van der Waals surface area (Å²) in [6.45, 7) is -0.0536. The molecule has 0 unspecified atom stereocenters. The lowest BCUT2D eigenvalue weighted by Gasteiger charge is -2.35. The number of amides is 1. The molecule has 0 radical (unpaired) electrons. The van der Waals surface area contributed by atoms with Crippen molar-refractivity contribution in [3.05, 3.63) is 64.7 Å². The molecule has 1 amide bonds. The molecular formula is C19H19F2NO3. The molecule has 3 rings (SSSR count). The third-order valence-corrected chi connectivity index (χ3v) is 4.57. The minimum Gasteiger partial charge on any atom is -0.497 e. The standard InChI is InChI=1S/C19H19F2NO3/c1-25-14-5-7-16-12(9-14)3-2-8-19(16,24)11-22-18(23)15-6-4-13(20)10-17(15)21/h4-7,9-10,24H,2-3,8,11H2,1H3,(H,22,23)/t19-/m0/s1. The summed E-state index contributed by atoms with van der Waals surface area (Å²) in [5.74, 6) is -1.66. The normalized spacial score (nSPS) is 19.2. The fourth-order valence-corrected chi connectivity index (χ4v) is 3.24. The molecule has 2 aromatic carbocycles. The van der Waals surface area contributed by atoms with Crippen LogP contribution in [0.5, 0.6) is 5.75 Å². The van der Waals surface area contributed by atoms with Crippen LogP contribution < -0.4 is 10.1 Å². The van der Waals surface area contributed by atoms with Gasteiger partial charge in [0, 0.05) is 6.07 Å². The fraction of sp³-hybridized carbons (Fsp3) is 0.316. The van der Waals surface area contributed by atoms with Gasteiger partial charge in [-0.15, -0.1) is 0 Å². The topological polar surface area (TPSA) is 58.6 Å². The number of ether oxygens (including phenoxy) is 1. The van der Waals surface area contributed by atoms with Gasteiger partial charge in [-0.05, 0) is 54.7 Å². The smallest absolute Gasteiger partial charge is 0.254 e. The van der Waals surface area contributed by atoms with Crippen LogP contribution >= 0.6 is 0 Å². The molecule has 0 aliphatic heterocycles. The zero-order valence-electron chi connectivity index (χ0n) is 13.8. The summed E-state index contributed by atoms with van der Waals surface area (Å²) in [6.07, 6.45) is 2.06. The largest absolute Gasteiger partial charge is 0.497 e. The van der Waals surface area contributed by atoms with Gasteiger partial charge in [0.1, 0.15) is 23.0 Å². The van der Waals surface area contributed by atoms with Gasteiger partial charge in [-0.25, -0.2) is 8.78 Å². The molecule has 25 heavy (non-hydrogen) atoms. The number of carbonyl (C=O) groups is 1. The third-order valence-electron chi connectivity index (χ3n) is 4.57. The van der Waals surface area contributed by atoms with E-state index in [1.165, 1.54) is 0 Å². The van der Waals surface area contributed by atoms with E-state index in [9.17, 15) is 18.7 Å². The van der Waals surface area contributed by atoms with E-state index in [0.29, 0.717) is 18.2 Å². The van der Waals surface area contributed by atoms with Gasteiger partial charge in [0.05, 0.1) is 19.2 Å². The monoisotopic (exact) mass is 347 g/mol. The highest BCUT2D eigenvalue weighted by Gasteiger charge is 2.35. The van der Waals surface area contributed by atoms with Crippen molar-refractivity contribution in [1.29, 1.82) is 0 Å². The number of benzene rings is 2. The molecule has 6 heteroatoms. The van der Waals surface area contributed by atoms with Crippen molar-refractivity contribution in [2.24, 2.45) is 0 Å². The number of methoxy groups -OCH3 is 1. The first-order chi connectivity index (χ1) is 11.9. The highest BCUT2D eigenvalue weighted by atomic mass is 19.1. The summed E-state index contributed by atoms with van der Waals surface area (Å²) in [5, 5.41) is 13.5. The molecule has 0 fully saturated rings. The summed E-state index contributed by atoms with van der Waals surface area (Å²) < 4.78 is 31.9. The molecule has 1 aliphatic carbocycles. The number of aliphatic hydroxyl groups is 1. The van der Waals surface area contributed by atoms with E-state index in [1.54, 1.807) is 19.2 Å². The summed E-state index contributed by atoms with van der Waals surface area (Å²) in [5.41, 5.74) is 0.219. The highest BCUT2D eigenvalue weighted by molar-refractivity contribution is 5.94. The predicted molar refractivity (Wildman–Crippen MR) is 88.5 cm³/mol. The average Bonchev–Trinajstić information content (AvgIpc) is 2.59. The Morgan fingerprint density at radius 1 is 1.28 bits per heavy atom. The van der Waals surface area contributed by atoms with Crippen molar-refractivity contribution >= 4 is 5.91 Å². The van der Waals surface area contributed by atoms with Gasteiger partial charge >= 0.3 is 0 Å². The Labute approximate surface area is 144 Å². The van der Waals surface area contributed by atoms with Crippen LogP contribution in [0, 0.1) is 11.6 Å². The summed E-state index contributed by atoms with van der Waals surface area (Å²) in [7, 11) is 1.58. The summed E-state index contributed by atoms with van der Waals surface area (Å²) >= 11 is 0. The van der Waals surface area contributed by atoms with E-state index in [-0.39, 0.29) is 12.1 Å². The molecule has 1 aliphatic rings. The molecule has 2 aromatic rings. The number of carbonyl (C=O) groups excluding carboxylic acids is 1. The first kappa shape index (κ1) is 17.4. The highest BCUT2D eigenvalue weighted by Crippen LogP contribution is 2.36. The van der Waals surface area contributed by atoms with Gasteiger partial charge in [-0.1, -0.05) is 6.07 Å². The Balaban J connectivity index is 1.78. The number of hydrogen-bond donors (Lipinski definition) is 2. The van der Waals surface area contributed by atoms with Crippen molar-refractivity contribution in [2.75, 3.05) is 13.7 Å². The first-order valence-corrected chi connectivity index (χ1v) is 8.06. The molecule has 0 aromatic heterocycles. The molecule has 0 heterocycles. The van der Waals surface area contributed by atoms with E-state index < -0.39 is 23.1 Å². The van der Waals surface area contributed by atoms with Crippen LogP contribution in [0.15, 0.2) is 36.4 Å². The maximum absolute atomic E-state index is 13.7. The number of hydrogen-bond acceptors (Lipinski definition) is 3. The van der Waals surface area contributed by atoms with E-state index >= 15 is 0 Å². The first-order valence-electron chi connectivity index (χ1n) is 8.06. The van der Waals surface area contributed by atoms with E-state index in [2.05, 4.69) is 5.32 Å². The second-order valence-electron chi connectivity index (χ2n) is 6.22. The Morgan fingerprint density at radius 2 is 2.08 bits per heavy atom. The van der Waals surface area contributed by atoms with Crippen molar-refractivity contribution < 1.29 is 23.4 Å². The Bertz CT molecular complexity index is 809. The molecule has 0 saturated carbocycles. The molecule has 2 N–H and O–H groups in total. The van der Waals surface area contributed by atoms with Gasteiger partial charge in [-0.2, -0.15) is 0 Å². The number of aryl methyl sites for hydroxylation is 1. The number of nitrogens with one attached hydrogen (secondary N) is 1. The van der Waals surface area contributed by atoms with Crippen molar-refractivity contribution in [1.82, 2.24) is 5.32 Å². The lowest BCUT2D eigenvalue weighted by atomic mass is 9.79. The quantitative estimate of drug-likeness (QED) is 0.894. The van der Waals surface area contributed by atoms with Crippen molar-refractivity contribution in [3.63, 3.8) is 0 Å². The number of rotatable bonds is 4. The maximum atomic E-state index is 13.7. The van der Waals surface area contributed by atoms with Gasteiger partial charge < -0.3 is 15.2 Å². The molecule has 4 nitrogen and oxygen atoms in total. The van der Waals surface area contributed by atoms with Crippen LogP contribution in [-0.4, -0.2) is 24.7 Å². The van der Waals surface area contributed by atoms with Crippen LogP contribution in [0.1, 0.15) is 34.3 Å². The minimum absolute atomic E-state index is 0.0536. The second-order valence-corrected chi connectivity index (χ2v) is 6.22. The lowest BCUT2D eigenvalue weighted by molar-refractivity contribution is 0.0188. The maximum Gasteiger partial charge on any atom is 0.254 e. The Hall–Kier alpha value is -2.47. The molecule has 0 bridgehead atoms. The zero-order valence-corrected chi connectivity index (χ0v) is 13.8. The minimum atomic E-state index is -1.23. The average molecular weight is 347 g/mol. The van der Waals surface area contributed by atoms with Crippen LogP contribution in [-0.2, 0) is 12.0 Å². The molecular weight excluding hydrogens is 328 g/mol. The SMILES string of the molecule is COc1ccc2c(c1)CCC[C@]2(O)CNC(=O)c1ccc(F)cc1F. The van der Waals surface area contributed by atoms with Crippen LogP contribution in [0.4, 0.5) is 8.78 Å². The van der Waals surface area contributed by atoms with Crippen LogP contribution in [0.2, 0.25) is 0 Å². The second kappa shape index (κ2) is 6.80. The Morgan fingerprint density at radius 3 is 2.80 bits per heavy atom. The Kier molecular flexibility index (Phi) is 4.72. The van der Waals surface area contributed by atoms with Gasteiger partial charge in [-0.3, -0.25) is 4.79 Å². The number of halogens is 2. The van der Waals surface area contributed by atoms with Gasteiger partial charge in [0.2, 0.25) is 0 Å². The summed E-state index contributed by atoms with van der Waals surface area (Å²) in [4.78, 5) is 12.2. The van der Waals surface area contributed by atoms with Gasteiger partial charge in [0.25, 0.3) is 5.91 Å². The van der Waals surface area contributed by atoms with Crippen molar-refractivity contribution in [3.8, 4) is 5.75 Å². The van der Waals surface area contributed by atoms with E-state index in [4.69, 9.17) is 4.74 Å². The zero-order chi connectivity index (χ0) is 18.0. The van der Waals surface area contributed by atoms with E-state index in [1.807, 2.05) is 6.07 Å². The lowest BCUT2D eigenvalue weighted by Crippen LogP contribution is -2.43. The van der Waals surface area contributed by atoms with E-state index in [0.717, 1.165) is 36.1 Å². The molecule has 1 atom stereocenters. The number of fused-ring (bicyclic) bond motifs is 1. The van der Waals surface area contributed by atoms with Crippen LogP contribution in [0.3, 0.4) is 0 Å².